The molecule has 0 unspecified atom stereocenters. The van der Waals surface area contributed by atoms with Crippen LogP contribution >= 0.6 is 11.3 Å². The van der Waals surface area contributed by atoms with Gasteiger partial charge in [0, 0.05) is 36.9 Å². The van der Waals surface area contributed by atoms with Crippen molar-refractivity contribution in [3.05, 3.63) is 182 Å². The van der Waals surface area contributed by atoms with E-state index in [-0.39, 0.29) is 0 Å². The minimum absolute atomic E-state index is 0.709. The third-order valence-corrected chi connectivity index (χ3v) is 11.0. The maximum absolute atomic E-state index is 5.31. The molecule has 0 aliphatic heterocycles. The van der Waals surface area contributed by atoms with Crippen LogP contribution in [0, 0.1) is 0 Å². The number of hydrogen-bond donors (Lipinski definition) is 0. The van der Waals surface area contributed by atoms with E-state index in [0.717, 1.165) is 39.2 Å². The summed E-state index contributed by atoms with van der Waals surface area (Å²) in [7, 11) is 0. The molecule has 10 aromatic rings. The van der Waals surface area contributed by atoms with Gasteiger partial charge in [-0.2, -0.15) is 0 Å². The van der Waals surface area contributed by atoms with Crippen molar-refractivity contribution < 1.29 is 0 Å². The van der Waals surface area contributed by atoms with Gasteiger partial charge in [-0.05, 0) is 92.3 Å². The van der Waals surface area contributed by atoms with Gasteiger partial charge in [-0.3, -0.25) is 0 Å². The lowest BCUT2D eigenvalue weighted by atomic mass is 9.91. The van der Waals surface area contributed by atoms with E-state index in [1.165, 1.54) is 52.8 Å². The van der Waals surface area contributed by atoms with Gasteiger partial charge < -0.3 is 0 Å². The summed E-state index contributed by atoms with van der Waals surface area (Å²) in [5.74, 6) is 0.709. The van der Waals surface area contributed by atoms with Crippen molar-refractivity contribution in [1.29, 1.82) is 0 Å². The van der Waals surface area contributed by atoms with Crippen molar-refractivity contribution in [3.63, 3.8) is 0 Å². The summed E-state index contributed by atoms with van der Waals surface area (Å²) in [6.45, 7) is 0. The minimum Gasteiger partial charge on any atom is -0.228 e. The highest BCUT2D eigenvalue weighted by Crippen LogP contribution is 2.40. The molecular weight excluding hydrogens is 637 g/mol. The van der Waals surface area contributed by atoms with Crippen molar-refractivity contribution >= 4 is 53.1 Å². The first kappa shape index (κ1) is 29.5. The van der Waals surface area contributed by atoms with Crippen LogP contribution < -0.4 is 0 Å². The number of benzene rings is 8. The van der Waals surface area contributed by atoms with Crippen LogP contribution in [0.4, 0.5) is 0 Å². The fourth-order valence-corrected chi connectivity index (χ4v) is 8.38. The van der Waals surface area contributed by atoms with Crippen LogP contribution in [0.1, 0.15) is 0 Å². The SMILES string of the molecule is c1ccc(-c2cc(-c3cc(-c4ccc5sc6ccccc6c5c4)cc(-c4cccc5ccccc45)c3)nc(-c3ccc4ccccc4c3)n2)cc1. The first-order chi connectivity index (χ1) is 25.2. The lowest BCUT2D eigenvalue weighted by molar-refractivity contribution is 1.18. The molecule has 2 nitrogen and oxygen atoms in total. The lowest BCUT2D eigenvalue weighted by Gasteiger charge is -2.14. The van der Waals surface area contributed by atoms with Gasteiger partial charge in [-0.15, -0.1) is 11.3 Å². The Kier molecular flexibility index (Phi) is 7.04. The largest absolute Gasteiger partial charge is 0.228 e. The summed E-state index contributed by atoms with van der Waals surface area (Å²) in [4.78, 5) is 10.5. The van der Waals surface area contributed by atoms with Crippen molar-refractivity contribution in [2.24, 2.45) is 0 Å². The van der Waals surface area contributed by atoms with Gasteiger partial charge in [0.05, 0.1) is 11.4 Å². The third-order valence-electron chi connectivity index (χ3n) is 9.84. The highest BCUT2D eigenvalue weighted by atomic mass is 32.1. The topological polar surface area (TPSA) is 25.8 Å². The molecule has 10 rings (SSSR count). The molecule has 3 heteroatoms. The number of thiophene rings is 1. The molecular formula is C48H30N2S. The lowest BCUT2D eigenvalue weighted by Crippen LogP contribution is -1.97. The average Bonchev–Trinajstić information content (AvgIpc) is 3.58. The maximum atomic E-state index is 5.31. The van der Waals surface area contributed by atoms with Crippen LogP contribution in [0.5, 0.6) is 0 Å². The van der Waals surface area contributed by atoms with Crippen LogP contribution in [0.15, 0.2) is 182 Å². The Morgan fingerprint density at radius 2 is 0.961 bits per heavy atom. The molecule has 238 valence electrons. The van der Waals surface area contributed by atoms with Gasteiger partial charge in [-0.25, -0.2) is 9.97 Å². The molecule has 2 heterocycles. The first-order valence-electron chi connectivity index (χ1n) is 17.2. The first-order valence-corrected chi connectivity index (χ1v) is 18.0. The summed E-state index contributed by atoms with van der Waals surface area (Å²) >= 11 is 1.85. The zero-order valence-electron chi connectivity index (χ0n) is 27.6. The Hall–Kier alpha value is -6.42. The normalized spacial score (nSPS) is 11.5. The number of aromatic nitrogens is 2. The zero-order valence-corrected chi connectivity index (χ0v) is 28.4. The summed E-state index contributed by atoms with van der Waals surface area (Å²) in [6.07, 6.45) is 0. The van der Waals surface area contributed by atoms with E-state index < -0.39 is 0 Å². The van der Waals surface area contributed by atoms with E-state index in [1.807, 2.05) is 17.4 Å². The monoisotopic (exact) mass is 666 g/mol. The average molecular weight is 667 g/mol. The highest BCUT2D eigenvalue weighted by Gasteiger charge is 2.16. The van der Waals surface area contributed by atoms with E-state index in [2.05, 4.69) is 176 Å². The Bertz CT molecular complexity index is 2920. The van der Waals surface area contributed by atoms with Gasteiger partial charge in [0.1, 0.15) is 0 Å². The third kappa shape index (κ3) is 5.36. The second-order valence-electron chi connectivity index (χ2n) is 13.0. The maximum Gasteiger partial charge on any atom is 0.160 e. The molecule has 0 bridgehead atoms. The predicted octanol–water partition coefficient (Wildman–Crippen LogP) is 13.5. The summed E-state index contributed by atoms with van der Waals surface area (Å²) in [5, 5.41) is 7.41. The fourth-order valence-electron chi connectivity index (χ4n) is 7.29. The molecule has 0 fully saturated rings. The molecule has 51 heavy (non-hydrogen) atoms. The Morgan fingerprint density at radius 3 is 1.84 bits per heavy atom. The molecule has 0 amide bonds. The molecule has 2 aromatic heterocycles. The van der Waals surface area contributed by atoms with Crippen molar-refractivity contribution in [1.82, 2.24) is 9.97 Å². The summed E-state index contributed by atoms with van der Waals surface area (Å²) in [5.41, 5.74) is 9.57. The quantitative estimate of drug-likeness (QED) is 0.183. The van der Waals surface area contributed by atoms with Gasteiger partial charge in [0.25, 0.3) is 0 Å². The standard InChI is InChI=1S/C48H30N2S/c1-2-13-33(14-3-1)44-30-45(50-48(49-44)36-22-21-31-11-4-5-15-34(31)25-36)39-27-37(26-38(28-39)41-19-10-16-32-12-6-7-17-40(32)41)35-23-24-47-43(29-35)42-18-8-9-20-46(42)51-47/h1-30H. The van der Waals surface area contributed by atoms with Crippen LogP contribution in [-0.4, -0.2) is 9.97 Å². The van der Waals surface area contributed by atoms with E-state index in [9.17, 15) is 0 Å². The van der Waals surface area contributed by atoms with Gasteiger partial charge >= 0.3 is 0 Å². The van der Waals surface area contributed by atoms with Gasteiger partial charge in [0.2, 0.25) is 0 Å². The van der Waals surface area contributed by atoms with E-state index >= 15 is 0 Å². The van der Waals surface area contributed by atoms with Crippen LogP contribution in [0.25, 0.3) is 97.9 Å². The highest BCUT2D eigenvalue weighted by molar-refractivity contribution is 7.25. The molecule has 0 aliphatic rings. The molecule has 0 atom stereocenters. The van der Waals surface area contributed by atoms with Crippen LogP contribution in [0.2, 0.25) is 0 Å². The van der Waals surface area contributed by atoms with Gasteiger partial charge in [0.15, 0.2) is 5.82 Å². The molecule has 8 aromatic carbocycles. The summed E-state index contributed by atoms with van der Waals surface area (Å²) in [6, 6.07) is 65.2. The Labute approximate surface area is 300 Å². The molecule has 0 N–H and O–H groups in total. The molecule has 0 spiro atoms. The molecule has 0 saturated carbocycles. The minimum atomic E-state index is 0.709. The second kappa shape index (κ2) is 12.2. The molecule has 0 saturated heterocycles. The van der Waals surface area contributed by atoms with Crippen molar-refractivity contribution in [2.75, 3.05) is 0 Å². The van der Waals surface area contributed by atoms with Crippen LogP contribution in [-0.2, 0) is 0 Å². The Balaban J connectivity index is 1.22. The number of rotatable bonds is 5. The fraction of sp³-hybridized carbons (Fsp3) is 0. The number of hydrogen-bond acceptors (Lipinski definition) is 3. The van der Waals surface area contributed by atoms with Crippen molar-refractivity contribution in [2.45, 2.75) is 0 Å². The predicted molar refractivity (Wildman–Crippen MR) is 217 cm³/mol. The van der Waals surface area contributed by atoms with Gasteiger partial charge in [-0.1, -0.05) is 133 Å². The van der Waals surface area contributed by atoms with E-state index in [0.29, 0.717) is 5.82 Å². The number of nitrogens with zero attached hydrogens (tertiary/aromatic N) is 2. The molecule has 0 radical (unpaired) electrons. The summed E-state index contributed by atoms with van der Waals surface area (Å²) < 4.78 is 2.61. The van der Waals surface area contributed by atoms with E-state index in [1.54, 1.807) is 0 Å². The zero-order chi connectivity index (χ0) is 33.7. The number of fused-ring (bicyclic) bond motifs is 5. The van der Waals surface area contributed by atoms with Crippen LogP contribution in [0.3, 0.4) is 0 Å². The van der Waals surface area contributed by atoms with E-state index in [4.69, 9.17) is 9.97 Å². The molecule has 0 aliphatic carbocycles. The Morgan fingerprint density at radius 1 is 0.314 bits per heavy atom. The van der Waals surface area contributed by atoms with Crippen molar-refractivity contribution in [3.8, 4) is 56.2 Å². The smallest absolute Gasteiger partial charge is 0.160 e. The second-order valence-corrected chi connectivity index (χ2v) is 14.1.